The van der Waals surface area contributed by atoms with Gasteiger partial charge in [-0.1, -0.05) is 34.3 Å². The second-order valence-electron chi connectivity index (χ2n) is 7.33. The van der Waals surface area contributed by atoms with E-state index >= 15 is 0 Å². The van der Waals surface area contributed by atoms with Gasteiger partial charge in [0.15, 0.2) is 5.78 Å². The predicted octanol–water partition coefficient (Wildman–Crippen LogP) is 3.26. The summed E-state index contributed by atoms with van der Waals surface area (Å²) in [6, 6.07) is 0.00769. The van der Waals surface area contributed by atoms with Gasteiger partial charge < -0.3 is 10.2 Å². The third-order valence-corrected chi connectivity index (χ3v) is 4.64. The molecule has 1 N–H and O–H groups in total. The maximum atomic E-state index is 12.7. The summed E-state index contributed by atoms with van der Waals surface area (Å²) in [6.45, 7) is 16.4. The number of amides is 1. The number of allylic oxidation sites excluding steroid dienone is 1. The fourth-order valence-corrected chi connectivity index (χ4v) is 2.41. The van der Waals surface area contributed by atoms with Crippen LogP contribution in [0.1, 0.15) is 54.4 Å². The number of Topliss-reactive ketones (excluding diaryl/α,β-unsaturated/α-hetero) is 1. The summed E-state index contributed by atoms with van der Waals surface area (Å²) in [7, 11) is 0. The van der Waals surface area contributed by atoms with Gasteiger partial charge in [-0.15, -0.1) is 0 Å². The van der Waals surface area contributed by atoms with E-state index in [2.05, 4.69) is 32.7 Å². The summed E-state index contributed by atoms with van der Waals surface area (Å²) < 4.78 is 0. The van der Waals surface area contributed by atoms with Crippen molar-refractivity contribution in [2.24, 2.45) is 11.3 Å². The molecular weight excluding hydrogens is 276 g/mol. The Balaban J connectivity index is 2.78. The quantitative estimate of drug-likeness (QED) is 0.793. The third kappa shape index (κ3) is 4.46. The van der Waals surface area contributed by atoms with Crippen LogP contribution in [0.4, 0.5) is 0 Å². The molecule has 0 radical (unpaired) electrons. The van der Waals surface area contributed by atoms with Crippen molar-refractivity contribution in [2.75, 3.05) is 6.54 Å². The maximum absolute atomic E-state index is 12.7. The highest BCUT2D eigenvalue weighted by molar-refractivity contribution is 5.92. The highest BCUT2D eigenvalue weighted by Gasteiger charge is 2.36. The molecule has 2 unspecified atom stereocenters. The van der Waals surface area contributed by atoms with Crippen LogP contribution in [0.25, 0.3) is 0 Å². The van der Waals surface area contributed by atoms with E-state index in [0.29, 0.717) is 5.57 Å². The molecule has 1 saturated heterocycles. The minimum absolute atomic E-state index is 0.00769. The molecule has 1 amide bonds. The normalized spacial score (nSPS) is 20.7. The van der Waals surface area contributed by atoms with E-state index in [1.54, 1.807) is 13.1 Å². The Kier molecular flexibility index (Phi) is 5.98. The lowest BCUT2D eigenvalue weighted by Gasteiger charge is -2.34. The van der Waals surface area contributed by atoms with Gasteiger partial charge in [-0.25, -0.2) is 0 Å². The first-order valence-electron chi connectivity index (χ1n) is 7.99. The Hall–Kier alpha value is -1.58. The van der Waals surface area contributed by atoms with Gasteiger partial charge in [0, 0.05) is 29.9 Å². The van der Waals surface area contributed by atoms with Gasteiger partial charge in [0.05, 0.1) is 6.04 Å². The molecular formula is C18H30N2O2. The number of rotatable bonds is 5. The summed E-state index contributed by atoms with van der Waals surface area (Å²) in [6.07, 6.45) is 3.59. The van der Waals surface area contributed by atoms with Crippen molar-refractivity contribution in [3.05, 3.63) is 24.0 Å². The molecule has 0 aromatic rings. The molecule has 4 heteroatoms. The lowest BCUT2D eigenvalue weighted by molar-refractivity contribution is -0.138. The molecule has 0 aliphatic carbocycles. The van der Waals surface area contributed by atoms with Gasteiger partial charge in [-0.2, -0.15) is 0 Å². The smallest absolute Gasteiger partial charge is 0.226 e. The Morgan fingerprint density at radius 3 is 2.41 bits per heavy atom. The lowest BCUT2D eigenvalue weighted by atomic mass is 9.81. The number of hydrogen-bond donors (Lipinski definition) is 1. The zero-order valence-electron chi connectivity index (χ0n) is 14.8. The summed E-state index contributed by atoms with van der Waals surface area (Å²) in [5.41, 5.74) is 1.39. The van der Waals surface area contributed by atoms with Crippen LogP contribution in [-0.2, 0) is 9.59 Å². The molecule has 22 heavy (non-hydrogen) atoms. The van der Waals surface area contributed by atoms with Crippen molar-refractivity contribution in [3.8, 4) is 0 Å². The van der Waals surface area contributed by atoms with Gasteiger partial charge in [0.1, 0.15) is 0 Å². The Morgan fingerprint density at radius 2 is 1.91 bits per heavy atom. The highest BCUT2D eigenvalue weighted by Crippen LogP contribution is 2.31. The van der Waals surface area contributed by atoms with Crippen LogP contribution in [-0.4, -0.2) is 29.2 Å². The summed E-state index contributed by atoms with van der Waals surface area (Å²) in [4.78, 5) is 25.9. The molecule has 1 aliphatic rings. The third-order valence-electron chi connectivity index (χ3n) is 4.64. The maximum Gasteiger partial charge on any atom is 0.226 e. The molecule has 1 fully saturated rings. The van der Waals surface area contributed by atoms with E-state index in [1.807, 2.05) is 11.8 Å². The first-order valence-corrected chi connectivity index (χ1v) is 7.99. The Morgan fingerprint density at radius 1 is 1.32 bits per heavy atom. The summed E-state index contributed by atoms with van der Waals surface area (Å²) in [5.74, 6) is 0.182. The number of ketones is 1. The highest BCUT2D eigenvalue weighted by atomic mass is 16.2. The van der Waals surface area contributed by atoms with Crippen LogP contribution in [0.2, 0.25) is 0 Å². The van der Waals surface area contributed by atoms with E-state index in [-0.39, 0.29) is 29.1 Å². The standard InChI is InChI=1S/C18H30N2O2/c1-12(15(4)21)11-19-14(3)16-9-8-10-20(16)17(22)13(2)18(5,6)7/h11,13,16,19H,3,8-10H2,1-2,4-7H3/b12-11+. The van der Waals surface area contributed by atoms with Crippen LogP contribution < -0.4 is 5.32 Å². The average Bonchev–Trinajstić information content (AvgIpc) is 2.90. The largest absolute Gasteiger partial charge is 0.363 e. The molecule has 0 spiro atoms. The Bertz CT molecular complexity index is 486. The van der Waals surface area contributed by atoms with Crippen molar-refractivity contribution in [1.82, 2.24) is 10.2 Å². The minimum Gasteiger partial charge on any atom is -0.363 e. The average molecular weight is 306 g/mol. The number of nitrogens with one attached hydrogen (secondary N) is 1. The Labute approximate surface area is 134 Å². The molecule has 0 saturated carbocycles. The van der Waals surface area contributed by atoms with Gasteiger partial charge in [-0.3, -0.25) is 9.59 Å². The molecule has 0 bridgehead atoms. The zero-order chi connectivity index (χ0) is 17.1. The SMILES string of the molecule is C=C(N/C=C(\C)C(C)=O)C1CCCN1C(=O)C(C)C(C)(C)C. The number of carbonyl (C=O) groups excluding carboxylic acids is 2. The van der Waals surface area contributed by atoms with Gasteiger partial charge >= 0.3 is 0 Å². The van der Waals surface area contributed by atoms with E-state index in [4.69, 9.17) is 0 Å². The predicted molar refractivity (Wildman–Crippen MR) is 90.1 cm³/mol. The summed E-state index contributed by atoms with van der Waals surface area (Å²) >= 11 is 0. The van der Waals surface area contributed by atoms with Crippen LogP contribution in [0.5, 0.6) is 0 Å². The molecule has 1 heterocycles. The van der Waals surface area contributed by atoms with Gasteiger partial charge in [-0.05, 0) is 32.1 Å². The van der Waals surface area contributed by atoms with Gasteiger partial charge in [0.2, 0.25) is 5.91 Å². The molecule has 4 nitrogen and oxygen atoms in total. The molecule has 2 atom stereocenters. The first kappa shape index (κ1) is 18.5. The van der Waals surface area contributed by atoms with E-state index < -0.39 is 0 Å². The van der Waals surface area contributed by atoms with E-state index in [0.717, 1.165) is 25.1 Å². The number of nitrogens with zero attached hydrogens (tertiary/aromatic N) is 1. The van der Waals surface area contributed by atoms with Crippen molar-refractivity contribution in [3.63, 3.8) is 0 Å². The summed E-state index contributed by atoms with van der Waals surface area (Å²) in [5, 5.41) is 3.10. The second-order valence-corrected chi connectivity index (χ2v) is 7.33. The van der Waals surface area contributed by atoms with Crippen molar-refractivity contribution in [1.29, 1.82) is 0 Å². The molecule has 1 aliphatic heterocycles. The number of likely N-dealkylation sites (tertiary alicyclic amines) is 1. The molecule has 0 aromatic carbocycles. The van der Waals surface area contributed by atoms with Crippen molar-refractivity contribution < 1.29 is 9.59 Å². The minimum atomic E-state index is -0.0515. The zero-order valence-corrected chi connectivity index (χ0v) is 14.8. The lowest BCUT2D eigenvalue weighted by Crippen LogP contribution is -2.44. The molecule has 124 valence electrons. The van der Waals surface area contributed by atoms with Crippen molar-refractivity contribution >= 4 is 11.7 Å². The van der Waals surface area contributed by atoms with Crippen LogP contribution >= 0.6 is 0 Å². The fraction of sp³-hybridized carbons (Fsp3) is 0.667. The van der Waals surface area contributed by atoms with Crippen LogP contribution in [0, 0.1) is 11.3 Å². The van der Waals surface area contributed by atoms with E-state index in [9.17, 15) is 9.59 Å². The van der Waals surface area contributed by atoms with Crippen LogP contribution in [0.15, 0.2) is 24.0 Å². The molecule has 0 aromatic heterocycles. The molecule has 1 rings (SSSR count). The number of carbonyl (C=O) groups is 2. The van der Waals surface area contributed by atoms with Gasteiger partial charge in [0.25, 0.3) is 0 Å². The van der Waals surface area contributed by atoms with Crippen molar-refractivity contribution in [2.45, 2.75) is 60.4 Å². The second kappa shape index (κ2) is 7.12. The monoisotopic (exact) mass is 306 g/mol. The number of hydrogen-bond acceptors (Lipinski definition) is 3. The topological polar surface area (TPSA) is 49.4 Å². The van der Waals surface area contributed by atoms with E-state index in [1.165, 1.54) is 6.92 Å². The first-order chi connectivity index (χ1) is 10.1. The van der Waals surface area contributed by atoms with Crippen LogP contribution in [0.3, 0.4) is 0 Å². The fourth-order valence-electron chi connectivity index (χ4n) is 2.41.